The second kappa shape index (κ2) is 15.2. The molecule has 0 saturated carbocycles. The fourth-order valence-corrected chi connectivity index (χ4v) is 4.13. The summed E-state index contributed by atoms with van der Waals surface area (Å²) in [6, 6.07) is 16.1. The van der Waals surface area contributed by atoms with E-state index in [-0.39, 0.29) is 5.97 Å². The first-order valence-corrected chi connectivity index (χ1v) is 13.8. The van der Waals surface area contributed by atoms with Crippen LogP contribution in [0.2, 0.25) is 0 Å². The van der Waals surface area contributed by atoms with Crippen molar-refractivity contribution in [2.24, 2.45) is 5.92 Å². The molecule has 0 aliphatic rings. The van der Waals surface area contributed by atoms with Gasteiger partial charge in [-0.15, -0.1) is 0 Å². The molecule has 0 bridgehead atoms. The van der Waals surface area contributed by atoms with Gasteiger partial charge < -0.3 is 4.74 Å². The SMILES string of the molecule is CCCCCCCCCCc1ccc(-c2cnc(-c3ccc(C(=O)OCC(C)CC)cc3)cn2)cc1. The van der Waals surface area contributed by atoms with Crippen molar-refractivity contribution >= 4 is 5.97 Å². The van der Waals surface area contributed by atoms with Crippen LogP contribution in [0.25, 0.3) is 22.5 Å². The van der Waals surface area contributed by atoms with Gasteiger partial charge in [-0.05, 0) is 36.5 Å². The molecule has 0 aliphatic heterocycles. The van der Waals surface area contributed by atoms with Gasteiger partial charge in [0.2, 0.25) is 0 Å². The predicted molar refractivity (Wildman–Crippen MR) is 149 cm³/mol. The van der Waals surface area contributed by atoms with Crippen LogP contribution >= 0.6 is 0 Å². The zero-order chi connectivity index (χ0) is 25.6. The Morgan fingerprint density at radius 3 is 1.81 bits per heavy atom. The van der Waals surface area contributed by atoms with E-state index in [9.17, 15) is 4.79 Å². The van der Waals surface area contributed by atoms with Crippen LogP contribution in [0.1, 0.15) is 94.5 Å². The summed E-state index contributed by atoms with van der Waals surface area (Å²) < 4.78 is 5.38. The number of benzene rings is 2. The molecule has 1 atom stereocenters. The smallest absolute Gasteiger partial charge is 0.338 e. The Kier molecular flexibility index (Phi) is 11.6. The Balaban J connectivity index is 1.48. The largest absolute Gasteiger partial charge is 0.462 e. The highest BCUT2D eigenvalue weighted by Crippen LogP contribution is 2.22. The van der Waals surface area contributed by atoms with Gasteiger partial charge in [0.15, 0.2) is 0 Å². The molecule has 2 aromatic carbocycles. The summed E-state index contributed by atoms with van der Waals surface area (Å²) in [5, 5.41) is 0. The molecule has 0 radical (unpaired) electrons. The molecule has 0 fully saturated rings. The number of hydrogen-bond acceptors (Lipinski definition) is 4. The van der Waals surface area contributed by atoms with Gasteiger partial charge in [0.05, 0.1) is 36.0 Å². The van der Waals surface area contributed by atoms with Crippen molar-refractivity contribution in [2.45, 2.75) is 85.0 Å². The zero-order valence-electron chi connectivity index (χ0n) is 22.3. The Labute approximate surface area is 217 Å². The predicted octanol–water partition coefficient (Wildman–Crippen LogP) is 8.70. The number of ether oxygens (including phenoxy) is 1. The van der Waals surface area contributed by atoms with E-state index in [2.05, 4.69) is 55.0 Å². The van der Waals surface area contributed by atoms with Gasteiger partial charge in [0.1, 0.15) is 0 Å². The molecule has 3 aromatic rings. The third kappa shape index (κ3) is 8.89. The van der Waals surface area contributed by atoms with E-state index in [1.807, 2.05) is 18.3 Å². The molecule has 0 amide bonds. The maximum Gasteiger partial charge on any atom is 0.338 e. The van der Waals surface area contributed by atoms with Gasteiger partial charge in [0.25, 0.3) is 0 Å². The van der Waals surface area contributed by atoms with E-state index < -0.39 is 0 Å². The molecule has 3 rings (SSSR count). The maximum absolute atomic E-state index is 12.2. The van der Waals surface area contributed by atoms with Crippen molar-refractivity contribution in [3.05, 3.63) is 72.1 Å². The lowest BCUT2D eigenvalue weighted by Gasteiger charge is -2.10. The minimum absolute atomic E-state index is 0.283. The van der Waals surface area contributed by atoms with E-state index in [0.29, 0.717) is 18.1 Å². The van der Waals surface area contributed by atoms with Gasteiger partial charge in [0, 0.05) is 11.1 Å². The number of aryl methyl sites for hydroxylation is 1. The van der Waals surface area contributed by atoms with Gasteiger partial charge in [-0.3, -0.25) is 9.97 Å². The molecule has 0 saturated heterocycles. The normalized spacial score (nSPS) is 11.9. The average molecular weight is 487 g/mol. The van der Waals surface area contributed by atoms with E-state index in [0.717, 1.165) is 35.4 Å². The van der Waals surface area contributed by atoms with Crippen molar-refractivity contribution in [3.63, 3.8) is 0 Å². The topological polar surface area (TPSA) is 52.1 Å². The van der Waals surface area contributed by atoms with Crippen LogP contribution in [0.4, 0.5) is 0 Å². The number of hydrogen-bond donors (Lipinski definition) is 0. The van der Waals surface area contributed by atoms with Crippen molar-refractivity contribution < 1.29 is 9.53 Å². The Bertz CT molecular complexity index is 1030. The fourth-order valence-electron chi connectivity index (χ4n) is 4.13. The Morgan fingerprint density at radius 2 is 1.28 bits per heavy atom. The van der Waals surface area contributed by atoms with E-state index in [1.54, 1.807) is 18.3 Å². The molecule has 36 heavy (non-hydrogen) atoms. The first-order chi connectivity index (χ1) is 17.6. The van der Waals surface area contributed by atoms with Crippen LogP contribution in [-0.4, -0.2) is 22.5 Å². The molecule has 4 nitrogen and oxygen atoms in total. The number of carbonyl (C=O) groups excluding carboxylic acids is 1. The lowest BCUT2D eigenvalue weighted by molar-refractivity contribution is 0.0447. The van der Waals surface area contributed by atoms with E-state index >= 15 is 0 Å². The summed E-state index contributed by atoms with van der Waals surface area (Å²) in [5.74, 6) is 0.0854. The molecule has 192 valence electrons. The van der Waals surface area contributed by atoms with Crippen molar-refractivity contribution in [1.82, 2.24) is 9.97 Å². The lowest BCUT2D eigenvalue weighted by Crippen LogP contribution is -2.11. The summed E-state index contributed by atoms with van der Waals surface area (Å²) in [7, 11) is 0. The van der Waals surface area contributed by atoms with Crippen molar-refractivity contribution in [2.75, 3.05) is 6.61 Å². The Hall–Kier alpha value is -3.01. The highest BCUT2D eigenvalue weighted by molar-refractivity contribution is 5.90. The quantitative estimate of drug-likeness (QED) is 0.159. The maximum atomic E-state index is 12.2. The second-order valence-corrected chi connectivity index (χ2v) is 9.90. The standard InChI is InChI=1S/C32H42N2O2/c1-4-6-7-8-9-10-11-12-13-26-14-16-27(17-15-26)30-22-34-31(23-33-30)28-18-20-29(21-19-28)32(35)36-24-25(3)5-2/h14-23,25H,4-13,24H2,1-3H3. The summed E-state index contributed by atoms with van der Waals surface area (Å²) in [4.78, 5) is 21.5. The summed E-state index contributed by atoms with van der Waals surface area (Å²) in [5.41, 5.74) is 5.59. The highest BCUT2D eigenvalue weighted by Gasteiger charge is 2.10. The number of aromatic nitrogens is 2. The third-order valence-electron chi connectivity index (χ3n) is 6.83. The second-order valence-electron chi connectivity index (χ2n) is 9.90. The number of rotatable bonds is 15. The minimum Gasteiger partial charge on any atom is -0.462 e. The first kappa shape index (κ1) is 27.6. The van der Waals surface area contributed by atoms with Gasteiger partial charge in [-0.25, -0.2) is 4.79 Å². The molecule has 0 spiro atoms. The van der Waals surface area contributed by atoms with E-state index in [1.165, 1.54) is 56.9 Å². The van der Waals surface area contributed by atoms with Gasteiger partial charge in [-0.2, -0.15) is 0 Å². The molecule has 1 unspecified atom stereocenters. The van der Waals surface area contributed by atoms with Crippen molar-refractivity contribution in [1.29, 1.82) is 0 Å². The van der Waals surface area contributed by atoms with Crippen LogP contribution < -0.4 is 0 Å². The lowest BCUT2D eigenvalue weighted by atomic mass is 10.0. The summed E-state index contributed by atoms with van der Waals surface area (Å²) >= 11 is 0. The summed E-state index contributed by atoms with van der Waals surface area (Å²) in [6.45, 7) is 6.88. The number of carbonyl (C=O) groups is 1. The number of esters is 1. The molecule has 1 aromatic heterocycles. The van der Waals surface area contributed by atoms with Crippen LogP contribution in [0.3, 0.4) is 0 Å². The molecule has 0 aliphatic carbocycles. The average Bonchev–Trinajstić information content (AvgIpc) is 2.93. The third-order valence-corrected chi connectivity index (χ3v) is 6.83. The Morgan fingerprint density at radius 1 is 0.750 bits per heavy atom. The molecule has 0 N–H and O–H groups in total. The van der Waals surface area contributed by atoms with Crippen LogP contribution in [0.15, 0.2) is 60.9 Å². The number of nitrogens with zero attached hydrogens (tertiary/aromatic N) is 2. The molecule has 4 heteroatoms. The van der Waals surface area contributed by atoms with Crippen molar-refractivity contribution in [3.8, 4) is 22.5 Å². The minimum atomic E-state index is -0.283. The van der Waals surface area contributed by atoms with Crippen LogP contribution in [-0.2, 0) is 11.2 Å². The number of unbranched alkanes of at least 4 members (excludes halogenated alkanes) is 7. The molecular formula is C32H42N2O2. The fraction of sp³-hybridized carbons (Fsp3) is 0.469. The van der Waals surface area contributed by atoms with E-state index in [4.69, 9.17) is 4.74 Å². The van der Waals surface area contributed by atoms with Gasteiger partial charge >= 0.3 is 5.97 Å². The van der Waals surface area contributed by atoms with Crippen LogP contribution in [0, 0.1) is 5.92 Å². The molecular weight excluding hydrogens is 444 g/mol. The monoisotopic (exact) mass is 486 g/mol. The zero-order valence-corrected chi connectivity index (χ0v) is 22.3. The summed E-state index contributed by atoms with van der Waals surface area (Å²) in [6.07, 6.45) is 16.5. The highest BCUT2D eigenvalue weighted by atomic mass is 16.5. The van der Waals surface area contributed by atoms with Crippen LogP contribution in [0.5, 0.6) is 0 Å². The van der Waals surface area contributed by atoms with Gasteiger partial charge in [-0.1, -0.05) is 109 Å². The molecule has 1 heterocycles. The first-order valence-electron chi connectivity index (χ1n) is 13.8.